The van der Waals surface area contributed by atoms with Gasteiger partial charge in [0, 0.05) is 45.9 Å². The first kappa shape index (κ1) is 26.3. The van der Waals surface area contributed by atoms with E-state index in [9.17, 15) is 14.4 Å². The molecule has 5 aliphatic rings. The molecule has 0 aliphatic carbocycles. The fourth-order valence-electron chi connectivity index (χ4n) is 6.68. The van der Waals surface area contributed by atoms with Gasteiger partial charge in [0.15, 0.2) is 0 Å². The van der Waals surface area contributed by atoms with Crippen LogP contribution in [0.1, 0.15) is 32.6 Å². The summed E-state index contributed by atoms with van der Waals surface area (Å²) in [6.45, 7) is 7.27. The highest BCUT2D eigenvalue weighted by Gasteiger charge is 2.74. The first-order valence-electron chi connectivity index (χ1n) is 13.6. The van der Waals surface area contributed by atoms with E-state index in [1.807, 2.05) is 30.1 Å². The van der Waals surface area contributed by atoms with Crippen molar-refractivity contribution < 1.29 is 33.7 Å². The summed E-state index contributed by atoms with van der Waals surface area (Å²) >= 11 is 0. The topological polar surface area (TPSA) is 109 Å². The minimum absolute atomic E-state index is 0.137. The third kappa shape index (κ3) is 4.73. The number of rotatable bonds is 9. The molecule has 0 aromatic heterocycles. The zero-order valence-electron chi connectivity index (χ0n) is 21.7. The summed E-state index contributed by atoms with van der Waals surface area (Å²) in [5.74, 6) is -2.46. The normalized spacial score (nSPS) is 35.7. The van der Waals surface area contributed by atoms with Crippen LogP contribution in [0.15, 0.2) is 24.3 Å². The van der Waals surface area contributed by atoms with E-state index in [-0.39, 0.29) is 25.0 Å². The minimum atomic E-state index is -1.23. The van der Waals surface area contributed by atoms with Crippen molar-refractivity contribution in [1.82, 2.24) is 14.7 Å². The Morgan fingerprint density at radius 1 is 0.946 bits per heavy atom. The third-order valence-electron chi connectivity index (χ3n) is 8.49. The maximum absolute atomic E-state index is 14.2. The Morgan fingerprint density at radius 2 is 1.73 bits per heavy atom. The van der Waals surface area contributed by atoms with Gasteiger partial charge in [-0.15, -0.1) is 0 Å². The Hall–Kier alpha value is -2.27. The molecule has 2 amide bonds. The Kier molecular flexibility index (Phi) is 7.72. The fourth-order valence-corrected chi connectivity index (χ4v) is 6.68. The molecule has 0 bridgehead atoms. The predicted octanol–water partition coefficient (Wildman–Crippen LogP) is 0.354. The number of likely N-dealkylation sites (tertiary alicyclic amines) is 1. The molecule has 0 aromatic rings. The first-order chi connectivity index (χ1) is 17.9. The minimum Gasteiger partial charge on any atom is -0.461 e. The van der Waals surface area contributed by atoms with Crippen molar-refractivity contribution in [1.29, 1.82) is 0 Å². The number of carbonyl (C=O) groups is 3. The smallest absolute Gasteiger partial charge is 0.313 e. The van der Waals surface area contributed by atoms with E-state index >= 15 is 0 Å². The van der Waals surface area contributed by atoms with Gasteiger partial charge in [-0.05, 0) is 25.8 Å². The number of esters is 1. The molecule has 1 N–H and O–H groups in total. The van der Waals surface area contributed by atoms with Crippen LogP contribution >= 0.6 is 0 Å². The quantitative estimate of drug-likeness (QED) is 0.265. The van der Waals surface area contributed by atoms with Crippen LogP contribution in [0.3, 0.4) is 0 Å². The van der Waals surface area contributed by atoms with Gasteiger partial charge in [-0.2, -0.15) is 0 Å². The summed E-state index contributed by atoms with van der Waals surface area (Å²) < 4.78 is 17.6. The lowest BCUT2D eigenvalue weighted by Gasteiger charge is -2.38. The van der Waals surface area contributed by atoms with Crippen molar-refractivity contribution in [2.45, 2.75) is 49.9 Å². The van der Waals surface area contributed by atoms with Gasteiger partial charge in [0.1, 0.15) is 24.2 Å². The number of morpholine rings is 1. The van der Waals surface area contributed by atoms with Gasteiger partial charge in [-0.1, -0.05) is 31.1 Å². The standard InChI is InChI=1S/C27H39N3O7/c1-26-8-7-17-36-25(34)21(26)20-23(32)30(11-4-2-3-5-16-31)22-24(33)29(10-6-9-27(20,22)37-26)13-12-28-14-18-35-19-15-28/h6-9,20-22,31H,2-5,10-19H2,1H3/t20-,21-,22?,26+,27-/m0/s1. The molecule has 1 spiro atoms. The second-order valence-corrected chi connectivity index (χ2v) is 10.8. The van der Waals surface area contributed by atoms with Gasteiger partial charge in [0.05, 0.1) is 24.7 Å². The fraction of sp³-hybridized carbons (Fsp3) is 0.741. The molecule has 0 saturated carbocycles. The van der Waals surface area contributed by atoms with Crippen LogP contribution in [0.25, 0.3) is 0 Å². The van der Waals surface area contributed by atoms with Gasteiger partial charge in [0.2, 0.25) is 11.8 Å². The molecule has 10 nitrogen and oxygen atoms in total. The molecule has 10 heteroatoms. The summed E-state index contributed by atoms with van der Waals surface area (Å²) in [6.07, 6.45) is 10.5. The average Bonchev–Trinajstić information content (AvgIpc) is 3.14. The lowest BCUT2D eigenvalue weighted by Crippen LogP contribution is -2.56. The van der Waals surface area contributed by atoms with E-state index in [2.05, 4.69) is 4.90 Å². The molecular formula is C27H39N3O7. The number of unbranched alkanes of at least 4 members (excludes halogenated alkanes) is 3. The van der Waals surface area contributed by atoms with Crippen molar-refractivity contribution in [3.8, 4) is 0 Å². The molecule has 5 rings (SSSR count). The third-order valence-corrected chi connectivity index (χ3v) is 8.49. The second kappa shape index (κ2) is 10.8. The van der Waals surface area contributed by atoms with E-state index in [1.165, 1.54) is 0 Å². The highest BCUT2D eigenvalue weighted by atomic mass is 16.6. The van der Waals surface area contributed by atoms with Crippen LogP contribution in [0.4, 0.5) is 0 Å². The van der Waals surface area contributed by atoms with Crippen LogP contribution in [0, 0.1) is 11.8 Å². The lowest BCUT2D eigenvalue weighted by molar-refractivity contribution is -0.157. The predicted molar refractivity (Wildman–Crippen MR) is 133 cm³/mol. The van der Waals surface area contributed by atoms with Crippen molar-refractivity contribution in [3.63, 3.8) is 0 Å². The zero-order chi connectivity index (χ0) is 26.0. The first-order valence-corrected chi connectivity index (χ1v) is 13.6. The zero-order valence-corrected chi connectivity index (χ0v) is 21.7. The molecule has 0 radical (unpaired) electrons. The number of hydrogen-bond donors (Lipinski definition) is 1. The van der Waals surface area contributed by atoms with Crippen LogP contribution in [-0.2, 0) is 28.6 Å². The van der Waals surface area contributed by atoms with Crippen LogP contribution in [0.2, 0.25) is 0 Å². The SMILES string of the molecule is C[C@@]12C=CCOC(=O)[C@@H]1[C@H]1C(=O)N(CCCCCCO)C3C(=O)N(CCN4CCOCC4)CC=C[C@@]31O2. The summed E-state index contributed by atoms with van der Waals surface area (Å²) in [5.41, 5.74) is -2.26. The second-order valence-electron chi connectivity index (χ2n) is 10.8. The number of carbonyl (C=O) groups excluding carboxylic acids is 3. The largest absolute Gasteiger partial charge is 0.461 e. The van der Waals surface area contributed by atoms with E-state index in [1.54, 1.807) is 11.0 Å². The van der Waals surface area contributed by atoms with Crippen molar-refractivity contribution in [2.24, 2.45) is 11.8 Å². The molecule has 3 fully saturated rings. The number of aliphatic hydroxyl groups is 1. The van der Waals surface area contributed by atoms with Crippen molar-refractivity contribution in [3.05, 3.63) is 24.3 Å². The molecule has 0 aromatic carbocycles. The summed E-state index contributed by atoms with van der Waals surface area (Å²) in [6, 6.07) is -0.837. The Balaban J connectivity index is 1.44. The number of fused-ring (bicyclic) bond motifs is 2. The van der Waals surface area contributed by atoms with Crippen molar-refractivity contribution in [2.75, 3.05) is 65.7 Å². The van der Waals surface area contributed by atoms with Crippen LogP contribution in [0.5, 0.6) is 0 Å². The van der Waals surface area contributed by atoms with Gasteiger partial charge >= 0.3 is 5.97 Å². The number of aliphatic hydroxyl groups excluding tert-OH is 1. The lowest BCUT2D eigenvalue weighted by atomic mass is 9.75. The number of hydrogen-bond acceptors (Lipinski definition) is 8. The maximum atomic E-state index is 14.2. The summed E-state index contributed by atoms with van der Waals surface area (Å²) in [4.78, 5) is 47.1. The van der Waals surface area contributed by atoms with Gasteiger partial charge in [-0.25, -0.2) is 0 Å². The molecule has 5 atom stereocenters. The van der Waals surface area contributed by atoms with Crippen molar-refractivity contribution >= 4 is 17.8 Å². The summed E-state index contributed by atoms with van der Waals surface area (Å²) in [5, 5.41) is 9.11. The molecule has 5 heterocycles. The van der Waals surface area contributed by atoms with Gasteiger partial charge < -0.3 is 29.1 Å². The Bertz CT molecular complexity index is 948. The Morgan fingerprint density at radius 3 is 2.51 bits per heavy atom. The van der Waals surface area contributed by atoms with E-state index in [0.29, 0.717) is 45.7 Å². The molecule has 204 valence electrons. The highest BCUT2D eigenvalue weighted by molar-refractivity contribution is 5.99. The molecule has 3 saturated heterocycles. The summed E-state index contributed by atoms with van der Waals surface area (Å²) in [7, 11) is 0. The van der Waals surface area contributed by atoms with E-state index in [4.69, 9.17) is 19.3 Å². The molecule has 1 unspecified atom stereocenters. The maximum Gasteiger partial charge on any atom is 0.313 e. The highest BCUT2D eigenvalue weighted by Crippen LogP contribution is 2.57. The average molecular weight is 518 g/mol. The number of amides is 2. The van der Waals surface area contributed by atoms with Crippen LogP contribution in [-0.4, -0.2) is 121 Å². The number of nitrogens with zero attached hydrogens (tertiary/aromatic N) is 3. The molecule has 5 aliphatic heterocycles. The number of ether oxygens (including phenoxy) is 3. The molecular weight excluding hydrogens is 478 g/mol. The number of cyclic esters (lactones) is 1. The monoisotopic (exact) mass is 517 g/mol. The Labute approximate surface area is 218 Å². The molecule has 37 heavy (non-hydrogen) atoms. The van der Waals surface area contributed by atoms with Crippen LogP contribution < -0.4 is 0 Å². The van der Waals surface area contributed by atoms with E-state index in [0.717, 1.165) is 32.5 Å². The van der Waals surface area contributed by atoms with Gasteiger partial charge in [-0.3, -0.25) is 19.3 Å². The van der Waals surface area contributed by atoms with Gasteiger partial charge in [0.25, 0.3) is 0 Å². The van der Waals surface area contributed by atoms with E-state index < -0.39 is 35.0 Å².